The van der Waals surface area contributed by atoms with Crippen LogP contribution in [-0.4, -0.2) is 25.7 Å². The number of rotatable bonds is 4. The summed E-state index contributed by atoms with van der Waals surface area (Å²) in [6, 6.07) is 16.8. The average Bonchev–Trinajstić information content (AvgIpc) is 3.30. The van der Waals surface area contributed by atoms with Crippen molar-refractivity contribution in [2.24, 2.45) is 0 Å². The molecule has 24 heavy (non-hydrogen) atoms. The number of furan rings is 1. The first-order valence-electron chi connectivity index (χ1n) is 7.40. The zero-order valence-corrected chi connectivity index (χ0v) is 12.6. The Morgan fingerprint density at radius 2 is 1.92 bits per heavy atom. The first-order valence-corrected chi connectivity index (χ1v) is 7.40. The lowest BCUT2D eigenvalue weighted by Gasteiger charge is -2.04. The molecule has 118 valence electrons. The van der Waals surface area contributed by atoms with E-state index in [2.05, 4.69) is 20.6 Å². The molecule has 0 aliphatic heterocycles. The van der Waals surface area contributed by atoms with Crippen LogP contribution in [0.1, 0.15) is 16.4 Å². The monoisotopic (exact) mass is 319 g/mol. The number of carbonyl (C=O) groups excluding carboxylic acids is 1. The molecule has 0 radical (unpaired) electrons. The second kappa shape index (κ2) is 5.96. The van der Waals surface area contributed by atoms with Gasteiger partial charge in [-0.2, -0.15) is 9.61 Å². The van der Waals surface area contributed by atoms with Crippen molar-refractivity contribution in [2.75, 3.05) is 0 Å². The summed E-state index contributed by atoms with van der Waals surface area (Å²) in [6.45, 7) is 0.200. The molecule has 7 heteroatoms. The lowest BCUT2D eigenvalue weighted by atomic mass is 10.1. The lowest BCUT2D eigenvalue weighted by Crippen LogP contribution is -2.23. The molecule has 0 saturated carbocycles. The molecule has 0 atom stereocenters. The Morgan fingerprint density at radius 1 is 1.04 bits per heavy atom. The molecule has 1 amide bonds. The van der Waals surface area contributed by atoms with Gasteiger partial charge in [0.1, 0.15) is 0 Å². The van der Waals surface area contributed by atoms with Crippen LogP contribution in [-0.2, 0) is 6.54 Å². The Morgan fingerprint density at radius 3 is 2.71 bits per heavy atom. The summed E-state index contributed by atoms with van der Waals surface area (Å²) in [6.07, 6.45) is 1.45. The maximum atomic E-state index is 11.9. The molecule has 0 bridgehead atoms. The van der Waals surface area contributed by atoms with Gasteiger partial charge in [-0.15, -0.1) is 10.2 Å². The van der Waals surface area contributed by atoms with Crippen molar-refractivity contribution < 1.29 is 9.21 Å². The van der Waals surface area contributed by atoms with E-state index in [-0.39, 0.29) is 18.2 Å². The average molecular weight is 319 g/mol. The zero-order valence-electron chi connectivity index (χ0n) is 12.6. The normalized spacial score (nSPS) is 10.8. The van der Waals surface area contributed by atoms with E-state index in [0.717, 1.165) is 11.3 Å². The van der Waals surface area contributed by atoms with Gasteiger partial charge in [0, 0.05) is 5.56 Å². The minimum Gasteiger partial charge on any atom is -0.459 e. The number of amides is 1. The van der Waals surface area contributed by atoms with E-state index >= 15 is 0 Å². The highest BCUT2D eigenvalue weighted by Crippen LogP contribution is 2.16. The van der Waals surface area contributed by atoms with Crippen molar-refractivity contribution in [1.82, 2.24) is 25.1 Å². The van der Waals surface area contributed by atoms with Gasteiger partial charge in [0.2, 0.25) is 0 Å². The van der Waals surface area contributed by atoms with Crippen molar-refractivity contribution in [3.63, 3.8) is 0 Å². The molecule has 3 aromatic heterocycles. The lowest BCUT2D eigenvalue weighted by molar-refractivity contribution is 0.0922. The highest BCUT2D eigenvalue weighted by molar-refractivity contribution is 5.91. The van der Waals surface area contributed by atoms with Crippen molar-refractivity contribution in [1.29, 1.82) is 0 Å². The van der Waals surface area contributed by atoms with E-state index in [1.165, 1.54) is 6.26 Å². The summed E-state index contributed by atoms with van der Waals surface area (Å²) in [5.41, 5.74) is 2.43. The highest BCUT2D eigenvalue weighted by Gasteiger charge is 2.12. The predicted octanol–water partition coefficient (Wildman–Crippen LogP) is 2.31. The van der Waals surface area contributed by atoms with Crippen LogP contribution in [0.4, 0.5) is 0 Å². The number of aromatic nitrogens is 4. The fourth-order valence-electron chi connectivity index (χ4n) is 2.36. The summed E-state index contributed by atoms with van der Waals surface area (Å²) in [7, 11) is 0. The van der Waals surface area contributed by atoms with Gasteiger partial charge in [0.05, 0.1) is 18.5 Å². The summed E-state index contributed by atoms with van der Waals surface area (Å²) >= 11 is 0. The van der Waals surface area contributed by atoms with Crippen LogP contribution in [0.25, 0.3) is 16.9 Å². The van der Waals surface area contributed by atoms with Crippen LogP contribution < -0.4 is 5.32 Å². The SMILES string of the molecule is O=C(NCc1nnc2ccc(-c3ccccc3)nn12)c1ccco1. The third-order valence-corrected chi connectivity index (χ3v) is 3.55. The highest BCUT2D eigenvalue weighted by atomic mass is 16.3. The topological polar surface area (TPSA) is 85.3 Å². The number of benzene rings is 1. The van der Waals surface area contributed by atoms with Crippen LogP contribution in [0.15, 0.2) is 65.3 Å². The van der Waals surface area contributed by atoms with E-state index in [1.807, 2.05) is 42.5 Å². The molecule has 4 rings (SSSR count). The van der Waals surface area contributed by atoms with Gasteiger partial charge in [-0.1, -0.05) is 30.3 Å². The maximum Gasteiger partial charge on any atom is 0.287 e. The largest absolute Gasteiger partial charge is 0.459 e. The van der Waals surface area contributed by atoms with Gasteiger partial charge in [0.25, 0.3) is 5.91 Å². The third kappa shape index (κ3) is 2.63. The van der Waals surface area contributed by atoms with Gasteiger partial charge in [0.15, 0.2) is 17.2 Å². The molecule has 3 heterocycles. The summed E-state index contributed by atoms with van der Waals surface area (Å²) in [5, 5.41) is 15.5. The van der Waals surface area contributed by atoms with Crippen LogP contribution in [0.3, 0.4) is 0 Å². The quantitative estimate of drug-likeness (QED) is 0.624. The van der Waals surface area contributed by atoms with Crippen LogP contribution in [0.2, 0.25) is 0 Å². The number of nitrogens with zero attached hydrogens (tertiary/aromatic N) is 4. The second-order valence-electron chi connectivity index (χ2n) is 5.13. The molecule has 1 aromatic carbocycles. The third-order valence-electron chi connectivity index (χ3n) is 3.55. The maximum absolute atomic E-state index is 11.9. The van der Waals surface area contributed by atoms with Gasteiger partial charge in [-0.3, -0.25) is 4.79 Å². The van der Waals surface area contributed by atoms with Gasteiger partial charge in [-0.05, 0) is 24.3 Å². The van der Waals surface area contributed by atoms with Gasteiger partial charge < -0.3 is 9.73 Å². The smallest absolute Gasteiger partial charge is 0.287 e. The van der Waals surface area contributed by atoms with Gasteiger partial charge in [-0.25, -0.2) is 0 Å². The fraction of sp³-hybridized carbons (Fsp3) is 0.0588. The van der Waals surface area contributed by atoms with E-state index in [9.17, 15) is 4.79 Å². The Labute approximate surface area is 136 Å². The van der Waals surface area contributed by atoms with E-state index < -0.39 is 0 Å². The molecular formula is C17H13N5O2. The molecule has 4 aromatic rings. The van der Waals surface area contributed by atoms with Crippen molar-refractivity contribution in [2.45, 2.75) is 6.54 Å². The summed E-state index contributed by atoms with van der Waals surface area (Å²) in [4.78, 5) is 11.9. The molecule has 0 aliphatic carbocycles. The fourth-order valence-corrected chi connectivity index (χ4v) is 2.36. The first-order chi connectivity index (χ1) is 11.8. The van der Waals surface area contributed by atoms with Crippen molar-refractivity contribution in [3.05, 3.63) is 72.4 Å². The molecule has 7 nitrogen and oxygen atoms in total. The number of nitrogens with one attached hydrogen (secondary N) is 1. The van der Waals surface area contributed by atoms with Crippen LogP contribution in [0, 0.1) is 0 Å². The molecule has 0 spiro atoms. The number of hydrogen-bond donors (Lipinski definition) is 1. The van der Waals surface area contributed by atoms with E-state index in [0.29, 0.717) is 11.5 Å². The predicted molar refractivity (Wildman–Crippen MR) is 86.1 cm³/mol. The Balaban J connectivity index is 1.60. The standard InChI is InChI=1S/C17H13N5O2/c23-17(14-7-4-10-24-14)18-11-16-20-19-15-9-8-13(21-22(15)16)12-5-2-1-3-6-12/h1-10H,11H2,(H,18,23). The molecule has 0 unspecified atom stereocenters. The van der Waals surface area contributed by atoms with Crippen molar-refractivity contribution >= 4 is 11.6 Å². The summed E-state index contributed by atoms with van der Waals surface area (Å²) in [5.74, 6) is 0.486. The second-order valence-corrected chi connectivity index (χ2v) is 5.13. The van der Waals surface area contributed by atoms with E-state index in [4.69, 9.17) is 4.42 Å². The molecule has 1 N–H and O–H groups in total. The number of carbonyl (C=O) groups is 1. The minimum atomic E-state index is -0.309. The minimum absolute atomic E-state index is 0.200. The van der Waals surface area contributed by atoms with Gasteiger partial charge >= 0.3 is 0 Å². The molecular weight excluding hydrogens is 306 g/mol. The van der Waals surface area contributed by atoms with E-state index in [1.54, 1.807) is 16.6 Å². The Hall–Kier alpha value is -3.48. The van der Waals surface area contributed by atoms with Crippen LogP contribution in [0.5, 0.6) is 0 Å². The Kier molecular flexibility index (Phi) is 3.51. The Bertz CT molecular complexity index is 977. The van der Waals surface area contributed by atoms with Crippen molar-refractivity contribution in [3.8, 4) is 11.3 Å². The molecule has 0 fully saturated rings. The van der Waals surface area contributed by atoms with Crippen LogP contribution >= 0.6 is 0 Å². The zero-order chi connectivity index (χ0) is 16.4. The number of fused-ring (bicyclic) bond motifs is 1. The first kappa shape index (κ1) is 14.1. The molecule has 0 saturated heterocycles. The molecule has 0 aliphatic rings. The number of hydrogen-bond acceptors (Lipinski definition) is 5. The summed E-state index contributed by atoms with van der Waals surface area (Å²) < 4.78 is 6.69.